The number of aliphatic hydroxyl groups excluding tert-OH is 1. The minimum atomic E-state index is -1.33. The molecule has 0 aromatic carbocycles. The second-order valence-electron chi connectivity index (χ2n) is 2.29. The predicted molar refractivity (Wildman–Crippen MR) is 42.6 cm³/mol. The van der Waals surface area contributed by atoms with E-state index in [0.29, 0.717) is 0 Å². The monoisotopic (exact) mass is 189 g/mol. The second kappa shape index (κ2) is 3.03. The van der Waals surface area contributed by atoms with E-state index < -0.39 is 24.0 Å². The van der Waals surface area contributed by atoms with Crippen molar-refractivity contribution in [3.63, 3.8) is 0 Å². The molecule has 12 heavy (non-hydrogen) atoms. The van der Waals surface area contributed by atoms with Gasteiger partial charge in [-0.05, 0) is 12.2 Å². The predicted octanol–water partition coefficient (Wildman–Crippen LogP) is -2.59. The molecule has 5 N–H and O–H groups in total. The Morgan fingerprint density at radius 3 is 2.67 bits per heavy atom. The maximum atomic E-state index is 11.0. The highest BCUT2D eigenvalue weighted by Crippen LogP contribution is 2.04. The maximum Gasteiger partial charge on any atom is 0.243 e. The number of nitrogens with two attached hydrogens (primary N) is 1. The van der Waals surface area contributed by atoms with E-state index in [4.69, 9.17) is 10.8 Å². The van der Waals surface area contributed by atoms with Crippen LogP contribution in [-0.4, -0.2) is 28.3 Å². The molecule has 1 fully saturated rings. The zero-order valence-electron chi connectivity index (χ0n) is 5.90. The molecule has 1 aliphatic rings. The fourth-order valence-electron chi connectivity index (χ4n) is 0.872. The van der Waals surface area contributed by atoms with Crippen molar-refractivity contribution in [2.75, 3.05) is 0 Å². The Hall–Kier alpha value is -1.21. The summed E-state index contributed by atoms with van der Waals surface area (Å²) in [4.78, 5) is 21.6. The number of hydrogen-bond acceptors (Lipinski definition) is 4. The van der Waals surface area contributed by atoms with Crippen molar-refractivity contribution in [2.45, 2.75) is 6.23 Å². The van der Waals surface area contributed by atoms with Gasteiger partial charge in [-0.3, -0.25) is 9.59 Å². The molecule has 0 aromatic rings. The normalized spacial score (nSPS) is 29.1. The SMILES string of the molecule is NC(=O)C1C(=O)NC(=S)NC1O. The van der Waals surface area contributed by atoms with Gasteiger partial charge in [-0.2, -0.15) is 0 Å². The van der Waals surface area contributed by atoms with Gasteiger partial charge in [-0.1, -0.05) is 0 Å². The number of thiocarbonyl (C=S) groups is 1. The van der Waals surface area contributed by atoms with Crippen LogP contribution in [0.2, 0.25) is 0 Å². The van der Waals surface area contributed by atoms with E-state index in [-0.39, 0.29) is 5.11 Å². The summed E-state index contributed by atoms with van der Waals surface area (Å²) in [5.74, 6) is -2.86. The van der Waals surface area contributed by atoms with E-state index in [1.54, 1.807) is 0 Å². The third-order valence-electron chi connectivity index (χ3n) is 1.42. The summed E-state index contributed by atoms with van der Waals surface area (Å²) in [5.41, 5.74) is 4.85. The highest BCUT2D eigenvalue weighted by Gasteiger charge is 2.36. The van der Waals surface area contributed by atoms with Gasteiger partial charge in [0.2, 0.25) is 11.8 Å². The van der Waals surface area contributed by atoms with Gasteiger partial charge in [0.15, 0.2) is 11.0 Å². The molecular formula is C5H7N3O3S. The van der Waals surface area contributed by atoms with Gasteiger partial charge in [0.05, 0.1) is 0 Å². The van der Waals surface area contributed by atoms with Crippen molar-refractivity contribution in [1.29, 1.82) is 0 Å². The molecule has 0 aliphatic carbocycles. The molecule has 2 atom stereocenters. The highest BCUT2D eigenvalue weighted by atomic mass is 32.1. The summed E-state index contributed by atoms with van der Waals surface area (Å²) in [5, 5.41) is 13.6. The minimum absolute atomic E-state index is 0.00926. The minimum Gasteiger partial charge on any atom is -0.372 e. The van der Waals surface area contributed by atoms with Gasteiger partial charge in [-0.15, -0.1) is 0 Å². The Morgan fingerprint density at radius 2 is 2.25 bits per heavy atom. The van der Waals surface area contributed by atoms with E-state index in [1.807, 2.05) is 0 Å². The maximum absolute atomic E-state index is 11.0. The van der Waals surface area contributed by atoms with Gasteiger partial charge < -0.3 is 21.5 Å². The molecule has 0 saturated carbocycles. The quantitative estimate of drug-likeness (QED) is 0.268. The standard InChI is InChI=1S/C5H7N3O3S/c6-2(9)1-3(10)7-5(12)8-4(1)11/h1,3,10H,(H2,6,9)(H2,7,8,11,12). The number of carbonyl (C=O) groups is 2. The van der Waals surface area contributed by atoms with Crippen LogP contribution in [0.25, 0.3) is 0 Å². The molecule has 66 valence electrons. The van der Waals surface area contributed by atoms with Gasteiger partial charge in [0.1, 0.15) is 6.23 Å². The van der Waals surface area contributed by atoms with Gasteiger partial charge in [0, 0.05) is 0 Å². The van der Waals surface area contributed by atoms with Gasteiger partial charge in [0.25, 0.3) is 0 Å². The van der Waals surface area contributed by atoms with Crippen molar-refractivity contribution in [2.24, 2.45) is 11.7 Å². The van der Waals surface area contributed by atoms with Crippen LogP contribution < -0.4 is 16.4 Å². The molecular weight excluding hydrogens is 182 g/mol. The third kappa shape index (κ3) is 1.51. The molecule has 1 rings (SSSR count). The van der Waals surface area contributed by atoms with Crippen LogP contribution in [0.5, 0.6) is 0 Å². The van der Waals surface area contributed by atoms with Gasteiger partial charge in [-0.25, -0.2) is 0 Å². The van der Waals surface area contributed by atoms with Crippen molar-refractivity contribution < 1.29 is 14.7 Å². The second-order valence-corrected chi connectivity index (χ2v) is 2.70. The van der Waals surface area contributed by atoms with Crippen molar-refractivity contribution in [3.8, 4) is 0 Å². The zero-order valence-corrected chi connectivity index (χ0v) is 6.72. The summed E-state index contributed by atoms with van der Waals surface area (Å²) in [6.45, 7) is 0. The van der Waals surface area contributed by atoms with Crippen LogP contribution in [0.1, 0.15) is 0 Å². The number of nitrogens with one attached hydrogen (secondary N) is 2. The fourth-order valence-corrected chi connectivity index (χ4v) is 1.09. The summed E-state index contributed by atoms with van der Waals surface area (Å²) in [6, 6.07) is 0. The first-order valence-electron chi connectivity index (χ1n) is 3.11. The van der Waals surface area contributed by atoms with Crippen LogP contribution in [0.4, 0.5) is 0 Å². The van der Waals surface area contributed by atoms with Crippen LogP contribution in [0.3, 0.4) is 0 Å². The first-order chi connectivity index (χ1) is 5.52. The van der Waals surface area contributed by atoms with Crippen LogP contribution >= 0.6 is 12.2 Å². The molecule has 0 aromatic heterocycles. The van der Waals surface area contributed by atoms with E-state index in [0.717, 1.165) is 0 Å². The average molecular weight is 189 g/mol. The van der Waals surface area contributed by atoms with Crippen LogP contribution in [-0.2, 0) is 9.59 Å². The topological polar surface area (TPSA) is 104 Å². The van der Waals surface area contributed by atoms with E-state index in [2.05, 4.69) is 22.9 Å². The molecule has 1 aliphatic heterocycles. The lowest BCUT2D eigenvalue weighted by atomic mass is 10.1. The molecule has 6 nitrogen and oxygen atoms in total. The van der Waals surface area contributed by atoms with Crippen molar-refractivity contribution in [3.05, 3.63) is 0 Å². The number of amides is 2. The van der Waals surface area contributed by atoms with E-state index >= 15 is 0 Å². The van der Waals surface area contributed by atoms with Crippen molar-refractivity contribution in [1.82, 2.24) is 10.6 Å². The molecule has 1 saturated heterocycles. The van der Waals surface area contributed by atoms with E-state index in [9.17, 15) is 9.59 Å². The number of hydrogen-bond donors (Lipinski definition) is 4. The smallest absolute Gasteiger partial charge is 0.243 e. The lowest BCUT2D eigenvalue weighted by Crippen LogP contribution is -2.61. The molecule has 2 amide bonds. The van der Waals surface area contributed by atoms with Crippen molar-refractivity contribution >= 4 is 29.1 Å². The fraction of sp³-hybridized carbons (Fsp3) is 0.400. The first kappa shape index (κ1) is 8.88. The van der Waals surface area contributed by atoms with Gasteiger partial charge >= 0.3 is 0 Å². The largest absolute Gasteiger partial charge is 0.372 e. The molecule has 2 unspecified atom stereocenters. The molecule has 0 radical (unpaired) electrons. The number of carbonyl (C=O) groups excluding carboxylic acids is 2. The molecule has 0 spiro atoms. The number of aliphatic hydroxyl groups is 1. The first-order valence-corrected chi connectivity index (χ1v) is 3.52. The summed E-state index contributed by atoms with van der Waals surface area (Å²) in [7, 11) is 0. The summed E-state index contributed by atoms with van der Waals surface area (Å²) >= 11 is 4.54. The Balaban J connectivity index is 2.80. The Bertz CT molecular complexity index is 254. The molecule has 1 heterocycles. The van der Waals surface area contributed by atoms with E-state index in [1.165, 1.54) is 0 Å². The summed E-state index contributed by atoms with van der Waals surface area (Å²) in [6.07, 6.45) is -1.33. The van der Waals surface area contributed by atoms with Crippen LogP contribution in [0.15, 0.2) is 0 Å². The molecule has 0 bridgehead atoms. The van der Waals surface area contributed by atoms with Crippen LogP contribution in [0, 0.1) is 5.92 Å². The highest BCUT2D eigenvalue weighted by molar-refractivity contribution is 7.80. The average Bonchev–Trinajstić information content (AvgIpc) is 1.82. The Labute approximate surface area is 73.1 Å². The summed E-state index contributed by atoms with van der Waals surface area (Å²) < 4.78 is 0. The molecule has 7 heteroatoms. The lowest BCUT2D eigenvalue weighted by molar-refractivity contribution is -0.138. The lowest BCUT2D eigenvalue weighted by Gasteiger charge is -2.26. The number of primary amides is 1. The Kier molecular flexibility index (Phi) is 2.25. The zero-order chi connectivity index (χ0) is 9.30. The number of rotatable bonds is 1. The Morgan fingerprint density at radius 1 is 1.67 bits per heavy atom. The third-order valence-corrected chi connectivity index (χ3v) is 1.64.